The second-order valence-electron chi connectivity index (χ2n) is 3.64. The Morgan fingerprint density at radius 3 is 3.00 bits per heavy atom. The van der Waals surface area contributed by atoms with Crippen LogP contribution in [-0.2, 0) is 6.42 Å². The monoisotopic (exact) mass is 279 g/mol. The molecule has 0 amide bonds. The van der Waals surface area contributed by atoms with Gasteiger partial charge in [-0.2, -0.15) is 5.10 Å². The van der Waals surface area contributed by atoms with Crippen LogP contribution in [0, 0.1) is 0 Å². The predicted octanol–water partition coefficient (Wildman–Crippen LogP) is 2.60. The van der Waals surface area contributed by atoms with Crippen LogP contribution in [0.15, 0.2) is 34.8 Å². The van der Waals surface area contributed by atoms with Gasteiger partial charge in [0.15, 0.2) is 0 Å². The highest BCUT2D eigenvalue weighted by atomic mass is 79.9. The zero-order chi connectivity index (χ0) is 11.4. The highest BCUT2D eigenvalue weighted by Crippen LogP contribution is 2.21. The lowest BCUT2D eigenvalue weighted by molar-refractivity contribution is 0.772. The van der Waals surface area contributed by atoms with Gasteiger partial charge in [-0.15, -0.1) is 0 Å². The molecule has 4 heteroatoms. The Kier molecular flexibility index (Phi) is 3.74. The van der Waals surface area contributed by atoms with Gasteiger partial charge in [0.25, 0.3) is 0 Å². The number of aromatic amines is 1. The maximum absolute atomic E-state index is 4.31. The summed E-state index contributed by atoms with van der Waals surface area (Å²) in [5, 5.41) is 10.5. The minimum Gasteiger partial charge on any atom is -0.319 e. The second-order valence-corrected chi connectivity index (χ2v) is 4.56. The molecule has 0 saturated heterocycles. The van der Waals surface area contributed by atoms with Crippen LogP contribution >= 0.6 is 15.9 Å². The average molecular weight is 280 g/mol. The van der Waals surface area contributed by atoms with Gasteiger partial charge in [-0.05, 0) is 25.2 Å². The molecule has 3 nitrogen and oxygen atoms in total. The van der Waals surface area contributed by atoms with Crippen LogP contribution in [-0.4, -0.2) is 23.8 Å². The van der Waals surface area contributed by atoms with Crippen molar-refractivity contribution in [2.75, 3.05) is 13.6 Å². The van der Waals surface area contributed by atoms with Crippen LogP contribution in [0.4, 0.5) is 0 Å². The van der Waals surface area contributed by atoms with E-state index >= 15 is 0 Å². The van der Waals surface area contributed by atoms with Crippen molar-refractivity contribution >= 4 is 15.9 Å². The van der Waals surface area contributed by atoms with Crippen molar-refractivity contribution < 1.29 is 0 Å². The molecule has 0 radical (unpaired) electrons. The third kappa shape index (κ3) is 2.71. The third-order valence-electron chi connectivity index (χ3n) is 2.40. The topological polar surface area (TPSA) is 40.7 Å². The van der Waals surface area contributed by atoms with E-state index in [1.807, 2.05) is 19.2 Å². The zero-order valence-corrected chi connectivity index (χ0v) is 10.7. The number of nitrogens with zero attached hydrogens (tertiary/aromatic N) is 1. The van der Waals surface area contributed by atoms with Crippen molar-refractivity contribution in [1.29, 1.82) is 0 Å². The lowest BCUT2D eigenvalue weighted by Crippen LogP contribution is -2.10. The van der Waals surface area contributed by atoms with E-state index in [0.717, 1.165) is 34.4 Å². The van der Waals surface area contributed by atoms with Crippen LogP contribution in [0.3, 0.4) is 0 Å². The Hall–Kier alpha value is -1.13. The number of likely N-dealkylation sites (N-methyl/N-ethyl adjacent to an activating group) is 1. The molecule has 0 atom stereocenters. The quantitative estimate of drug-likeness (QED) is 0.903. The van der Waals surface area contributed by atoms with Crippen molar-refractivity contribution in [2.24, 2.45) is 0 Å². The molecule has 2 aromatic rings. The minimum absolute atomic E-state index is 0.958. The van der Waals surface area contributed by atoms with Crippen molar-refractivity contribution in [2.45, 2.75) is 6.42 Å². The van der Waals surface area contributed by atoms with Crippen LogP contribution in [0.25, 0.3) is 11.3 Å². The lowest BCUT2D eigenvalue weighted by Gasteiger charge is -1.96. The molecular weight excluding hydrogens is 266 g/mol. The van der Waals surface area contributed by atoms with E-state index in [9.17, 15) is 0 Å². The van der Waals surface area contributed by atoms with E-state index in [1.165, 1.54) is 0 Å². The average Bonchev–Trinajstić information content (AvgIpc) is 2.75. The molecule has 0 aliphatic rings. The lowest BCUT2D eigenvalue weighted by atomic mass is 10.1. The first kappa shape index (κ1) is 11.4. The SMILES string of the molecule is CNCCc1cc(-c2cccc(Br)c2)n[nH]1. The number of halogens is 1. The molecule has 1 heterocycles. The van der Waals surface area contributed by atoms with Crippen molar-refractivity contribution in [1.82, 2.24) is 15.5 Å². The van der Waals surface area contributed by atoms with Gasteiger partial charge in [0.05, 0.1) is 5.69 Å². The van der Waals surface area contributed by atoms with Gasteiger partial charge in [-0.3, -0.25) is 5.10 Å². The standard InChI is InChI=1S/C12H14BrN3/c1-14-6-5-11-8-12(16-15-11)9-3-2-4-10(13)7-9/h2-4,7-8,14H,5-6H2,1H3,(H,15,16). The highest BCUT2D eigenvalue weighted by Gasteiger charge is 2.03. The van der Waals surface area contributed by atoms with Gasteiger partial charge >= 0.3 is 0 Å². The minimum atomic E-state index is 0.958. The van der Waals surface area contributed by atoms with E-state index in [-0.39, 0.29) is 0 Å². The molecule has 16 heavy (non-hydrogen) atoms. The molecule has 0 saturated carbocycles. The van der Waals surface area contributed by atoms with E-state index in [0.29, 0.717) is 0 Å². The third-order valence-corrected chi connectivity index (χ3v) is 2.89. The normalized spacial score (nSPS) is 10.6. The van der Waals surface area contributed by atoms with Crippen LogP contribution in [0.5, 0.6) is 0 Å². The molecule has 0 unspecified atom stereocenters. The molecule has 1 aromatic heterocycles. The van der Waals surface area contributed by atoms with E-state index in [4.69, 9.17) is 0 Å². The maximum atomic E-state index is 4.31. The number of rotatable bonds is 4. The largest absolute Gasteiger partial charge is 0.319 e. The zero-order valence-electron chi connectivity index (χ0n) is 9.13. The fraction of sp³-hybridized carbons (Fsp3) is 0.250. The number of benzene rings is 1. The molecule has 1 aromatic carbocycles. The van der Waals surface area contributed by atoms with E-state index in [2.05, 4.69) is 49.6 Å². The molecule has 0 aliphatic heterocycles. The molecule has 2 rings (SSSR count). The van der Waals surface area contributed by atoms with Gasteiger partial charge in [-0.1, -0.05) is 28.1 Å². The summed E-state index contributed by atoms with van der Waals surface area (Å²) in [6.07, 6.45) is 0.970. The summed E-state index contributed by atoms with van der Waals surface area (Å²) in [5.74, 6) is 0. The number of hydrogen-bond donors (Lipinski definition) is 2. The van der Waals surface area contributed by atoms with Gasteiger partial charge in [-0.25, -0.2) is 0 Å². The smallest absolute Gasteiger partial charge is 0.0923 e. The molecule has 0 aliphatic carbocycles. The summed E-state index contributed by atoms with van der Waals surface area (Å²) >= 11 is 3.46. The van der Waals surface area contributed by atoms with Crippen molar-refractivity contribution in [3.8, 4) is 11.3 Å². The maximum Gasteiger partial charge on any atom is 0.0923 e. The fourth-order valence-electron chi connectivity index (χ4n) is 1.55. The Morgan fingerprint density at radius 1 is 1.38 bits per heavy atom. The molecular formula is C12H14BrN3. The van der Waals surface area contributed by atoms with Crippen molar-refractivity contribution in [3.05, 3.63) is 40.5 Å². The highest BCUT2D eigenvalue weighted by molar-refractivity contribution is 9.10. The molecule has 0 spiro atoms. The molecule has 84 valence electrons. The Morgan fingerprint density at radius 2 is 2.25 bits per heavy atom. The molecule has 0 fully saturated rings. The number of H-pyrrole nitrogens is 1. The Labute approximate surface area is 103 Å². The van der Waals surface area contributed by atoms with E-state index < -0.39 is 0 Å². The van der Waals surface area contributed by atoms with Crippen LogP contribution in [0.1, 0.15) is 5.69 Å². The first-order chi connectivity index (χ1) is 7.79. The summed E-state index contributed by atoms with van der Waals surface area (Å²) in [4.78, 5) is 0. The van der Waals surface area contributed by atoms with Gasteiger partial charge in [0.1, 0.15) is 0 Å². The van der Waals surface area contributed by atoms with E-state index in [1.54, 1.807) is 0 Å². The summed E-state index contributed by atoms with van der Waals surface area (Å²) < 4.78 is 1.07. The number of nitrogens with one attached hydrogen (secondary N) is 2. The number of hydrogen-bond acceptors (Lipinski definition) is 2. The Balaban J connectivity index is 2.18. The summed E-state index contributed by atoms with van der Waals surface area (Å²) in [6.45, 7) is 0.958. The fourth-order valence-corrected chi connectivity index (χ4v) is 1.94. The van der Waals surface area contributed by atoms with Gasteiger partial charge in [0, 0.05) is 28.7 Å². The van der Waals surface area contributed by atoms with Crippen LogP contribution in [0.2, 0.25) is 0 Å². The van der Waals surface area contributed by atoms with Crippen molar-refractivity contribution in [3.63, 3.8) is 0 Å². The van der Waals surface area contributed by atoms with Gasteiger partial charge < -0.3 is 5.32 Å². The molecule has 0 bridgehead atoms. The van der Waals surface area contributed by atoms with Crippen LogP contribution < -0.4 is 5.32 Å². The second kappa shape index (κ2) is 5.27. The van der Waals surface area contributed by atoms with Gasteiger partial charge in [0.2, 0.25) is 0 Å². The predicted molar refractivity (Wildman–Crippen MR) is 69.4 cm³/mol. The number of aromatic nitrogens is 2. The first-order valence-corrected chi connectivity index (χ1v) is 6.04. The summed E-state index contributed by atoms with van der Waals surface area (Å²) in [5.41, 5.74) is 3.28. The Bertz CT molecular complexity index is 465. The summed E-state index contributed by atoms with van der Waals surface area (Å²) in [6, 6.07) is 10.2. The first-order valence-electron chi connectivity index (χ1n) is 5.24. The summed E-state index contributed by atoms with van der Waals surface area (Å²) in [7, 11) is 1.95. The molecule has 2 N–H and O–H groups in total.